The van der Waals surface area contributed by atoms with E-state index < -0.39 is 0 Å². The average Bonchev–Trinajstić information content (AvgIpc) is 2.02. The first-order valence-corrected chi connectivity index (χ1v) is 8.70. The molecule has 0 aromatic heterocycles. The summed E-state index contributed by atoms with van der Waals surface area (Å²) in [5.74, 6) is 0. The lowest BCUT2D eigenvalue weighted by atomic mass is 10.2. The minimum atomic E-state index is -0.263. The van der Waals surface area contributed by atoms with Crippen LogP contribution in [0.2, 0.25) is 5.16 Å². The molecule has 0 amide bonds. The molecule has 0 saturated carbocycles. The highest BCUT2D eigenvalue weighted by Crippen LogP contribution is 2.20. The fraction of sp³-hybridized carbons (Fsp3) is 1.00. The van der Waals surface area contributed by atoms with Crippen LogP contribution < -0.4 is 0 Å². The van der Waals surface area contributed by atoms with Gasteiger partial charge in [-0.15, -0.1) is 46.4 Å². The summed E-state index contributed by atoms with van der Waals surface area (Å²) in [6.07, 6.45) is 4.87. The summed E-state index contributed by atoms with van der Waals surface area (Å²) < 4.78 is -0.526. The lowest BCUT2D eigenvalue weighted by molar-refractivity contribution is 0.685. The third-order valence-electron chi connectivity index (χ3n) is 1.75. The fourth-order valence-corrected chi connectivity index (χ4v) is 6.94. The van der Waals surface area contributed by atoms with E-state index in [2.05, 4.69) is 6.92 Å². The van der Waals surface area contributed by atoms with Crippen LogP contribution in [0.4, 0.5) is 0 Å². The monoisotopic (exact) mass is 306 g/mol. The molecule has 0 fully saturated rings. The topological polar surface area (TPSA) is 0 Å². The molecule has 0 aromatic carbocycles. The molecule has 14 heavy (non-hydrogen) atoms. The van der Waals surface area contributed by atoms with Crippen LogP contribution >= 0.6 is 46.4 Å². The Bertz CT molecular complexity index is 123. The van der Waals surface area contributed by atoms with Crippen molar-refractivity contribution < 1.29 is 0 Å². The number of rotatable bonds is 8. The normalized spacial score (nSPS) is 12.0. The SMILES string of the molecule is CCCCCC([Si]C(Cl)Cl)[Si]C(Cl)Cl. The summed E-state index contributed by atoms with van der Waals surface area (Å²) >= 11 is 23.1. The molecule has 0 aromatic rings. The third kappa shape index (κ3) is 10.1. The van der Waals surface area contributed by atoms with Crippen molar-refractivity contribution in [2.45, 2.75) is 46.7 Å². The zero-order valence-electron chi connectivity index (χ0n) is 8.07. The minimum Gasteiger partial charge on any atom is -0.110 e. The molecule has 0 aliphatic rings. The number of hydrogen-bond acceptors (Lipinski definition) is 0. The molecule has 0 heterocycles. The van der Waals surface area contributed by atoms with Gasteiger partial charge in [-0.2, -0.15) is 0 Å². The first-order valence-electron chi connectivity index (χ1n) is 4.64. The second kappa shape index (κ2) is 9.79. The van der Waals surface area contributed by atoms with E-state index in [9.17, 15) is 0 Å². The average molecular weight is 308 g/mol. The lowest BCUT2D eigenvalue weighted by Crippen LogP contribution is -2.21. The van der Waals surface area contributed by atoms with Crippen molar-refractivity contribution in [3.63, 3.8) is 0 Å². The van der Waals surface area contributed by atoms with Crippen LogP contribution in [0.15, 0.2) is 0 Å². The van der Waals surface area contributed by atoms with E-state index in [4.69, 9.17) is 46.4 Å². The fourth-order valence-electron chi connectivity index (χ4n) is 1.12. The standard InChI is InChI=1S/C8H14Cl4Si2/c1-2-3-4-5-6(13-7(9)10)14-8(11)12/h6-8H,2-5H2,1H3. The van der Waals surface area contributed by atoms with E-state index in [0.717, 1.165) is 6.42 Å². The molecule has 0 atom stereocenters. The number of hydrogen-bond donors (Lipinski definition) is 0. The lowest BCUT2D eigenvalue weighted by Gasteiger charge is -2.15. The molecule has 82 valence electrons. The summed E-state index contributed by atoms with van der Waals surface area (Å²) in [6.45, 7) is 2.19. The third-order valence-corrected chi connectivity index (χ3v) is 6.15. The van der Waals surface area contributed by atoms with Crippen LogP contribution in [0.5, 0.6) is 0 Å². The Morgan fingerprint density at radius 2 is 1.43 bits per heavy atom. The molecule has 4 radical (unpaired) electrons. The van der Waals surface area contributed by atoms with Gasteiger partial charge in [-0.25, -0.2) is 0 Å². The molecule has 0 N–H and O–H groups in total. The molecular formula is C8H14Cl4Si2. The molecule has 0 aliphatic heterocycles. The highest BCUT2D eigenvalue weighted by molar-refractivity contribution is 6.80. The van der Waals surface area contributed by atoms with Crippen LogP contribution in [0.3, 0.4) is 0 Å². The van der Waals surface area contributed by atoms with E-state index in [1.807, 2.05) is 0 Å². The van der Waals surface area contributed by atoms with Gasteiger partial charge in [0.05, 0.1) is 28.0 Å². The van der Waals surface area contributed by atoms with Crippen LogP contribution in [0.1, 0.15) is 32.6 Å². The second-order valence-corrected chi connectivity index (χ2v) is 10.4. The summed E-state index contributed by atoms with van der Waals surface area (Å²) in [4.78, 5) is 0. The predicted octanol–water partition coefficient (Wildman–Crippen LogP) is 4.24. The van der Waals surface area contributed by atoms with Crippen molar-refractivity contribution in [1.29, 1.82) is 0 Å². The van der Waals surface area contributed by atoms with Gasteiger partial charge in [-0.3, -0.25) is 0 Å². The zero-order chi connectivity index (χ0) is 11.0. The molecule has 0 aliphatic carbocycles. The Balaban J connectivity index is 3.72. The molecule has 0 bridgehead atoms. The van der Waals surface area contributed by atoms with Crippen molar-refractivity contribution in [2.24, 2.45) is 0 Å². The highest BCUT2D eigenvalue weighted by atomic mass is 35.5. The van der Waals surface area contributed by atoms with E-state index in [0.29, 0.717) is 24.2 Å². The number of unbranched alkanes of at least 4 members (excludes halogenated alkanes) is 2. The first-order chi connectivity index (χ1) is 6.56. The van der Waals surface area contributed by atoms with Crippen molar-refractivity contribution >= 4 is 65.4 Å². The van der Waals surface area contributed by atoms with Gasteiger partial charge in [0.15, 0.2) is 0 Å². The summed E-state index contributed by atoms with van der Waals surface area (Å²) in [6, 6.07) is 0. The summed E-state index contributed by atoms with van der Waals surface area (Å²) in [5, 5.41) is 0.515. The van der Waals surface area contributed by atoms with Crippen LogP contribution in [0, 0.1) is 0 Å². The van der Waals surface area contributed by atoms with Gasteiger partial charge < -0.3 is 0 Å². The van der Waals surface area contributed by atoms with E-state index >= 15 is 0 Å². The van der Waals surface area contributed by atoms with E-state index in [1.165, 1.54) is 19.3 Å². The van der Waals surface area contributed by atoms with Crippen molar-refractivity contribution in [1.82, 2.24) is 0 Å². The highest BCUT2D eigenvalue weighted by Gasteiger charge is 2.18. The van der Waals surface area contributed by atoms with Crippen LogP contribution in [-0.4, -0.2) is 28.0 Å². The van der Waals surface area contributed by atoms with Gasteiger partial charge in [0, 0.05) is 0 Å². The Morgan fingerprint density at radius 3 is 1.79 bits per heavy atom. The van der Waals surface area contributed by atoms with E-state index in [-0.39, 0.29) is 8.92 Å². The first kappa shape index (κ1) is 15.6. The maximum absolute atomic E-state index is 5.76. The van der Waals surface area contributed by atoms with Gasteiger partial charge in [-0.1, -0.05) is 37.8 Å². The Kier molecular flexibility index (Phi) is 10.9. The Labute approximate surface area is 112 Å². The van der Waals surface area contributed by atoms with Crippen LogP contribution in [-0.2, 0) is 0 Å². The Hall–Kier alpha value is 1.59. The Morgan fingerprint density at radius 1 is 0.929 bits per heavy atom. The smallest absolute Gasteiger partial charge is 0.0928 e. The van der Waals surface area contributed by atoms with Gasteiger partial charge in [0.2, 0.25) is 0 Å². The predicted molar refractivity (Wildman–Crippen MR) is 70.4 cm³/mol. The molecule has 0 unspecified atom stereocenters. The molecular weight excluding hydrogens is 294 g/mol. The summed E-state index contributed by atoms with van der Waals surface area (Å²) in [5.41, 5.74) is 0. The molecule has 0 saturated heterocycles. The summed E-state index contributed by atoms with van der Waals surface area (Å²) in [7, 11) is 1.12. The number of halogens is 4. The van der Waals surface area contributed by atoms with Gasteiger partial charge in [0.1, 0.15) is 0 Å². The van der Waals surface area contributed by atoms with Gasteiger partial charge in [0.25, 0.3) is 0 Å². The van der Waals surface area contributed by atoms with Crippen molar-refractivity contribution in [3.05, 3.63) is 0 Å². The quantitative estimate of drug-likeness (QED) is 0.357. The largest absolute Gasteiger partial charge is 0.110 e. The maximum Gasteiger partial charge on any atom is 0.0928 e. The second-order valence-electron chi connectivity index (χ2n) is 2.98. The van der Waals surface area contributed by atoms with Crippen molar-refractivity contribution in [2.75, 3.05) is 0 Å². The minimum absolute atomic E-state index is 0.263. The van der Waals surface area contributed by atoms with E-state index in [1.54, 1.807) is 0 Å². The molecule has 0 rings (SSSR count). The molecule has 0 spiro atoms. The van der Waals surface area contributed by atoms with Gasteiger partial charge >= 0.3 is 0 Å². The van der Waals surface area contributed by atoms with Crippen molar-refractivity contribution in [3.8, 4) is 0 Å². The van der Waals surface area contributed by atoms with Crippen LogP contribution in [0.25, 0.3) is 0 Å². The molecule has 6 heteroatoms. The van der Waals surface area contributed by atoms with Gasteiger partial charge in [-0.05, 0) is 0 Å². The maximum atomic E-state index is 5.76. The molecule has 0 nitrogen and oxygen atoms in total. The number of alkyl halides is 4. The zero-order valence-corrected chi connectivity index (χ0v) is 13.1.